The summed E-state index contributed by atoms with van der Waals surface area (Å²) in [6.07, 6.45) is 0. The minimum atomic E-state index is -3.67. The van der Waals surface area contributed by atoms with Crippen molar-refractivity contribution < 1.29 is 22.3 Å². The topological polar surface area (TPSA) is 63.7 Å². The molecule has 2 rings (SSSR count). The Labute approximate surface area is 141 Å². The lowest BCUT2D eigenvalue weighted by Crippen LogP contribution is -2.22. The summed E-state index contributed by atoms with van der Waals surface area (Å²) in [4.78, 5) is 12.0. The van der Waals surface area contributed by atoms with Gasteiger partial charge in [-0.05, 0) is 36.4 Å². The summed E-state index contributed by atoms with van der Waals surface area (Å²) >= 11 is 3.10. The molecule has 2 aromatic rings. The summed E-state index contributed by atoms with van der Waals surface area (Å²) in [5.41, 5.74) is 0.00948. The van der Waals surface area contributed by atoms with Gasteiger partial charge >= 0.3 is 5.97 Å². The third-order valence-corrected chi connectivity index (χ3v) is 5.25. The Kier molecular flexibility index (Phi) is 5.18. The highest BCUT2D eigenvalue weighted by molar-refractivity contribution is 9.10. The van der Waals surface area contributed by atoms with E-state index < -0.39 is 21.8 Å². The molecule has 0 atom stereocenters. The molecule has 0 aliphatic rings. The summed E-state index contributed by atoms with van der Waals surface area (Å²) in [7, 11) is -0.901. The van der Waals surface area contributed by atoms with E-state index in [0.717, 1.165) is 10.4 Å². The lowest BCUT2D eigenvalue weighted by atomic mass is 10.2. The van der Waals surface area contributed by atoms with Crippen LogP contribution in [0, 0.1) is 5.82 Å². The molecule has 23 heavy (non-hydrogen) atoms. The first kappa shape index (κ1) is 17.6. The van der Waals surface area contributed by atoms with Crippen molar-refractivity contribution in [2.45, 2.75) is 4.90 Å². The van der Waals surface area contributed by atoms with Gasteiger partial charge in [0.1, 0.15) is 0 Å². The number of halogens is 2. The second kappa shape index (κ2) is 6.77. The maximum atomic E-state index is 13.7. The third kappa shape index (κ3) is 3.95. The number of hydrogen-bond acceptors (Lipinski definition) is 4. The van der Waals surface area contributed by atoms with Crippen molar-refractivity contribution >= 4 is 31.9 Å². The minimum absolute atomic E-state index is 0.00948. The van der Waals surface area contributed by atoms with E-state index >= 15 is 0 Å². The maximum Gasteiger partial charge on any atom is 0.343 e. The third-order valence-electron chi connectivity index (χ3n) is 2.94. The molecule has 0 aliphatic carbocycles. The quantitative estimate of drug-likeness (QED) is 0.583. The Balaban J connectivity index is 2.30. The van der Waals surface area contributed by atoms with Crippen molar-refractivity contribution in [2.75, 3.05) is 14.1 Å². The summed E-state index contributed by atoms with van der Waals surface area (Å²) in [6, 6.07) is 9.37. The number of hydrogen-bond donors (Lipinski definition) is 0. The van der Waals surface area contributed by atoms with Crippen LogP contribution in [0.3, 0.4) is 0 Å². The van der Waals surface area contributed by atoms with E-state index in [4.69, 9.17) is 4.74 Å². The molecule has 0 amide bonds. The van der Waals surface area contributed by atoms with Gasteiger partial charge in [-0.3, -0.25) is 0 Å². The van der Waals surface area contributed by atoms with Crippen LogP contribution in [0.4, 0.5) is 4.39 Å². The van der Waals surface area contributed by atoms with Crippen molar-refractivity contribution in [2.24, 2.45) is 0 Å². The molecule has 0 heterocycles. The molecule has 8 heteroatoms. The van der Waals surface area contributed by atoms with E-state index in [2.05, 4.69) is 15.9 Å². The Morgan fingerprint density at radius 1 is 1.17 bits per heavy atom. The second-order valence-electron chi connectivity index (χ2n) is 4.78. The highest BCUT2D eigenvalue weighted by atomic mass is 79.9. The van der Waals surface area contributed by atoms with Crippen LogP contribution >= 0.6 is 15.9 Å². The van der Waals surface area contributed by atoms with Crippen LogP contribution in [-0.2, 0) is 10.0 Å². The Morgan fingerprint density at radius 2 is 1.87 bits per heavy atom. The van der Waals surface area contributed by atoms with E-state index in [1.54, 1.807) is 0 Å². The van der Waals surface area contributed by atoms with Gasteiger partial charge in [-0.15, -0.1) is 0 Å². The molecule has 0 bridgehead atoms. The Hall–Kier alpha value is -1.77. The average Bonchev–Trinajstić information content (AvgIpc) is 2.50. The number of ether oxygens (including phenoxy) is 1. The Bertz CT molecular complexity index is 852. The van der Waals surface area contributed by atoms with Gasteiger partial charge in [0.25, 0.3) is 0 Å². The molecule has 0 unspecified atom stereocenters. The molecule has 0 fully saturated rings. The number of esters is 1. The van der Waals surface area contributed by atoms with E-state index in [9.17, 15) is 17.6 Å². The van der Waals surface area contributed by atoms with Gasteiger partial charge < -0.3 is 4.74 Å². The predicted molar refractivity (Wildman–Crippen MR) is 86.4 cm³/mol. The number of benzene rings is 2. The van der Waals surface area contributed by atoms with E-state index in [0.29, 0.717) is 4.47 Å². The summed E-state index contributed by atoms with van der Waals surface area (Å²) < 4.78 is 44.3. The van der Waals surface area contributed by atoms with Crippen molar-refractivity contribution in [3.63, 3.8) is 0 Å². The van der Waals surface area contributed by atoms with Crippen LogP contribution in [0.25, 0.3) is 0 Å². The van der Waals surface area contributed by atoms with Gasteiger partial charge in [-0.1, -0.05) is 22.0 Å². The predicted octanol–water partition coefficient (Wildman–Crippen LogP) is 3.06. The number of sulfonamides is 1. The molecule has 2 aromatic carbocycles. The largest absolute Gasteiger partial charge is 0.420 e. The lowest BCUT2D eigenvalue weighted by molar-refractivity contribution is 0.0727. The highest BCUT2D eigenvalue weighted by Crippen LogP contribution is 2.23. The van der Waals surface area contributed by atoms with Crippen molar-refractivity contribution in [1.82, 2.24) is 4.31 Å². The molecular weight excluding hydrogens is 389 g/mol. The Morgan fingerprint density at radius 3 is 2.48 bits per heavy atom. The van der Waals surface area contributed by atoms with Crippen LogP contribution in [0.5, 0.6) is 5.75 Å². The maximum absolute atomic E-state index is 13.7. The van der Waals surface area contributed by atoms with Gasteiger partial charge in [0.05, 0.1) is 10.5 Å². The zero-order chi connectivity index (χ0) is 17.2. The summed E-state index contributed by atoms with van der Waals surface area (Å²) in [5, 5.41) is 0. The van der Waals surface area contributed by atoms with Gasteiger partial charge in [0.2, 0.25) is 10.0 Å². The first-order valence-corrected chi connectivity index (χ1v) is 8.65. The fourth-order valence-electron chi connectivity index (χ4n) is 1.71. The number of rotatable bonds is 4. The monoisotopic (exact) mass is 401 g/mol. The fourth-order valence-corrected chi connectivity index (χ4v) is 2.99. The molecule has 0 aliphatic heterocycles. The fraction of sp³-hybridized carbons (Fsp3) is 0.133. The average molecular weight is 402 g/mol. The summed E-state index contributed by atoms with van der Waals surface area (Å²) in [5.74, 6) is -1.79. The molecule has 122 valence electrons. The molecule has 5 nitrogen and oxygen atoms in total. The smallest absolute Gasteiger partial charge is 0.343 e. The van der Waals surface area contributed by atoms with E-state index in [1.165, 1.54) is 50.5 Å². The standard InChI is InChI=1S/C15H13BrFNO4S/c1-18(2)23(20,21)12-5-3-4-10(8-12)15(19)22-14-7-6-11(16)9-13(14)17/h3-9H,1-2H3. The van der Waals surface area contributed by atoms with Crippen molar-refractivity contribution in [3.8, 4) is 5.75 Å². The first-order chi connectivity index (χ1) is 10.7. The van der Waals surface area contributed by atoms with E-state index in [-0.39, 0.29) is 16.2 Å². The second-order valence-corrected chi connectivity index (χ2v) is 7.85. The first-order valence-electron chi connectivity index (χ1n) is 6.41. The zero-order valence-electron chi connectivity index (χ0n) is 12.3. The molecule has 0 saturated carbocycles. The molecular formula is C15H13BrFNO4S. The van der Waals surface area contributed by atoms with Crippen LogP contribution in [0.2, 0.25) is 0 Å². The van der Waals surface area contributed by atoms with Crippen LogP contribution in [0.15, 0.2) is 51.8 Å². The van der Waals surface area contributed by atoms with Crippen LogP contribution < -0.4 is 4.74 Å². The van der Waals surface area contributed by atoms with Crippen LogP contribution in [-0.4, -0.2) is 32.8 Å². The molecule has 0 aromatic heterocycles. The van der Waals surface area contributed by atoms with Crippen molar-refractivity contribution in [1.29, 1.82) is 0 Å². The number of carbonyl (C=O) groups excluding carboxylic acids is 1. The lowest BCUT2D eigenvalue weighted by Gasteiger charge is -2.12. The number of nitrogens with zero attached hydrogens (tertiary/aromatic N) is 1. The minimum Gasteiger partial charge on any atom is -0.420 e. The number of carbonyl (C=O) groups is 1. The normalized spacial score (nSPS) is 11.5. The summed E-state index contributed by atoms with van der Waals surface area (Å²) in [6.45, 7) is 0. The van der Waals surface area contributed by atoms with Gasteiger partial charge in [-0.2, -0.15) is 0 Å². The zero-order valence-corrected chi connectivity index (χ0v) is 14.7. The van der Waals surface area contributed by atoms with Crippen LogP contribution in [0.1, 0.15) is 10.4 Å². The van der Waals surface area contributed by atoms with Crippen molar-refractivity contribution in [3.05, 3.63) is 58.3 Å². The van der Waals surface area contributed by atoms with E-state index in [1.807, 2.05) is 0 Å². The van der Waals surface area contributed by atoms with Gasteiger partial charge in [0, 0.05) is 18.6 Å². The molecule has 0 saturated heterocycles. The molecule has 0 spiro atoms. The highest BCUT2D eigenvalue weighted by Gasteiger charge is 2.20. The SMILES string of the molecule is CN(C)S(=O)(=O)c1cccc(C(=O)Oc2ccc(Br)cc2F)c1. The van der Waals surface area contributed by atoms with Gasteiger partial charge in [-0.25, -0.2) is 21.9 Å². The van der Waals surface area contributed by atoms with Gasteiger partial charge in [0.15, 0.2) is 11.6 Å². The molecule has 0 radical (unpaired) electrons. The molecule has 0 N–H and O–H groups in total.